The van der Waals surface area contributed by atoms with Gasteiger partial charge in [-0.05, 0) is 108 Å². The van der Waals surface area contributed by atoms with Crippen molar-refractivity contribution in [3.8, 4) is 0 Å². The quantitative estimate of drug-likeness (QED) is 0.0577. The molecule has 31 nitrogen and oxygen atoms in total. The molecule has 0 aromatic carbocycles. The number of carboxylic acid groups (broad SMARTS) is 1. The molecule has 0 spiro atoms. The minimum Gasteiger partial charge on any atom is -0.480 e. The Labute approximate surface area is 622 Å². The van der Waals surface area contributed by atoms with Crippen LogP contribution in [0.5, 0.6) is 0 Å². The van der Waals surface area contributed by atoms with E-state index < -0.39 is 186 Å². The molecule has 31 heteroatoms. The fourth-order valence-corrected chi connectivity index (χ4v) is 12.6. The van der Waals surface area contributed by atoms with Crippen LogP contribution in [0.1, 0.15) is 175 Å². The second-order valence-corrected chi connectivity index (χ2v) is 30.8. The van der Waals surface area contributed by atoms with Crippen molar-refractivity contribution >= 4 is 82.8 Å². The Morgan fingerprint density at radius 1 is 0.590 bits per heavy atom. The van der Waals surface area contributed by atoms with Gasteiger partial charge in [0, 0.05) is 68.5 Å². The molecule has 1 saturated heterocycles. The molecular weight excluding hydrogens is 1350 g/mol. The number of likely N-dealkylation sites (N-methyl/N-ethyl adjacent to an activating group) is 7. The van der Waals surface area contributed by atoms with Crippen LogP contribution in [0, 0.1) is 41.4 Å². The molecule has 2 heterocycles. The van der Waals surface area contributed by atoms with E-state index in [9.17, 15) is 53.1 Å². The van der Waals surface area contributed by atoms with E-state index in [1.165, 1.54) is 112 Å². The molecule has 0 bridgehead atoms. The number of carbonyl (C=O) groups is 14. The molecule has 0 saturated carbocycles. The predicted octanol–water partition coefficient (Wildman–Crippen LogP) is 2.57. The molecule has 12 amide bonds. The number of ether oxygens (including phenoxy) is 1. The molecule has 0 aliphatic carbocycles. The van der Waals surface area contributed by atoms with Gasteiger partial charge in [-0.15, -0.1) is 0 Å². The number of imidazole rings is 1. The van der Waals surface area contributed by atoms with Crippen LogP contribution in [0.2, 0.25) is 0 Å². The fraction of sp³-hybridized carbons (Fsp3) is 0.743. The van der Waals surface area contributed by atoms with Crippen molar-refractivity contribution in [2.45, 2.75) is 261 Å². The van der Waals surface area contributed by atoms with Crippen LogP contribution in [0.4, 0.5) is 0 Å². The van der Waals surface area contributed by atoms with Crippen LogP contribution in [-0.2, 0) is 84.8 Å². The summed E-state index contributed by atoms with van der Waals surface area (Å²) < 4.78 is 7.85. The van der Waals surface area contributed by atoms with Gasteiger partial charge in [0.1, 0.15) is 72.6 Å². The highest BCUT2D eigenvalue weighted by molar-refractivity contribution is 6.00. The lowest BCUT2D eigenvalue weighted by Crippen LogP contribution is -2.64. The number of aryl methyl sites for hydroxylation is 1. The first-order valence-corrected chi connectivity index (χ1v) is 36.8. The fourth-order valence-electron chi connectivity index (χ4n) is 12.6. The second-order valence-electron chi connectivity index (χ2n) is 30.8. The van der Waals surface area contributed by atoms with Crippen molar-refractivity contribution in [1.29, 1.82) is 0 Å². The van der Waals surface area contributed by atoms with Crippen LogP contribution in [0.3, 0.4) is 0 Å². The number of esters is 1. The normalized spacial score (nSPS) is 24.5. The third kappa shape index (κ3) is 27.1. The number of nitrogens with zero attached hydrogens (tertiary/aromatic N) is 9. The second kappa shape index (κ2) is 42.6. The van der Waals surface area contributed by atoms with Gasteiger partial charge in [0.25, 0.3) is 0 Å². The number of rotatable bonds is 24. The Morgan fingerprint density at radius 3 is 1.55 bits per heavy atom. The number of nitrogens with two attached hydrogens (primary N) is 1. The van der Waals surface area contributed by atoms with Crippen LogP contribution in [0.25, 0.3) is 0 Å². The zero-order valence-corrected chi connectivity index (χ0v) is 67.1. The van der Waals surface area contributed by atoms with Gasteiger partial charge in [-0.25, -0.2) is 9.78 Å². The van der Waals surface area contributed by atoms with Gasteiger partial charge in [-0.1, -0.05) is 109 Å². The number of nitrogens with one attached hydrogen (secondary N) is 5. The molecule has 1 aliphatic rings. The summed E-state index contributed by atoms with van der Waals surface area (Å²) in [4.78, 5) is 215. The molecule has 1 aromatic rings. The molecule has 0 radical (unpaired) electrons. The lowest BCUT2D eigenvalue weighted by molar-refractivity contribution is -0.165. The van der Waals surface area contributed by atoms with Gasteiger partial charge in [0.05, 0.1) is 31.0 Å². The molecule has 105 heavy (non-hydrogen) atoms. The molecule has 2 rings (SSSR count). The zero-order chi connectivity index (χ0) is 80.7. The standard InChI is InChI=1S/C74H127N15O16/c1-26-28-29-46(15)62(105-58(91)30-31-89-37-50(76-39-89)36-52(74(103)104)80-63(92)47(16)75)61-67(96)79-51(27-2)69(98)82(19)38-57(90)83(20)53(32-40(3)4)66(95)81-59(44(11)12)72(101)84(21)54(33-41(5)6)65(94)77-48(17)64(93)78-49(18)68(97)85(22)55(34-42(7)8)70(99)86(23)56(35-43(9)10)71(100)87(24)60(45(13)14)73(102)88(61)25/h26,28,37,39-49,51-56,59-62H,27,29-36,38,75H2,1-25H3,(H,77,94)(H,78,93)(H,79,96)(H,80,92)(H,81,95)(H,103,104)/b28-26+/t46-,47?,48+,49-,51+,52?,53+,54+,55+,56+,59?,60+,61+,62-/m1/s1. The average molecular weight is 1480 g/mol. The van der Waals surface area contributed by atoms with Gasteiger partial charge in [-0.2, -0.15) is 0 Å². The Kier molecular flexibility index (Phi) is 37.5. The highest BCUT2D eigenvalue weighted by Crippen LogP contribution is 2.28. The maximum absolute atomic E-state index is 15.8. The summed E-state index contributed by atoms with van der Waals surface area (Å²) in [6.45, 7) is 30.1. The van der Waals surface area contributed by atoms with Gasteiger partial charge < -0.3 is 81.0 Å². The summed E-state index contributed by atoms with van der Waals surface area (Å²) in [5.41, 5.74) is 5.92. The van der Waals surface area contributed by atoms with Gasteiger partial charge >= 0.3 is 11.9 Å². The third-order valence-electron chi connectivity index (χ3n) is 19.0. The first kappa shape index (κ1) is 92.6. The summed E-state index contributed by atoms with van der Waals surface area (Å²) >= 11 is 0. The predicted molar refractivity (Wildman–Crippen MR) is 396 cm³/mol. The van der Waals surface area contributed by atoms with Crippen LogP contribution >= 0.6 is 0 Å². The Hall–Kier alpha value is -8.51. The topological polar surface area (TPSA) is 395 Å². The molecule has 1 aliphatic heterocycles. The number of carboxylic acids is 1. The van der Waals surface area contributed by atoms with Crippen LogP contribution in [-0.4, -0.2) is 266 Å². The SMILES string of the molecule is C/C=C/C[C@@H](C)[C@@H](OC(=O)CCn1cnc(CC(NC(=O)C(C)N)C(=O)O)c1)[C@H]1C(=O)N[C@@H](CC)C(=O)N(C)CC(=O)N(C)[C@@H](CC(C)C)C(=O)NC(C(C)C)C(=O)N(C)[C@@H](CC(C)C)C(=O)N[C@@H](C)C(=O)N[C@H](C)C(=O)N(C)[C@@H](CC(C)C)C(=O)N(C)[C@@H](CC(C)C)C(=O)N(C)[C@@H](C(C)C)C(=O)N1C. The Balaban J connectivity index is 3.10. The summed E-state index contributed by atoms with van der Waals surface area (Å²) in [5.74, 6) is -13.8. The molecular formula is C74H127N15O16. The van der Waals surface area contributed by atoms with Crippen LogP contribution in [0.15, 0.2) is 24.7 Å². The van der Waals surface area contributed by atoms with Crippen LogP contribution < -0.4 is 32.3 Å². The van der Waals surface area contributed by atoms with Crippen molar-refractivity contribution in [3.05, 3.63) is 30.4 Å². The number of hydrogen-bond donors (Lipinski definition) is 7. The summed E-state index contributed by atoms with van der Waals surface area (Å²) in [6.07, 6.45) is 4.76. The molecule has 3 unspecified atom stereocenters. The van der Waals surface area contributed by atoms with E-state index in [2.05, 4.69) is 31.6 Å². The minimum atomic E-state index is -1.77. The molecule has 1 fully saturated rings. The van der Waals surface area contributed by atoms with E-state index in [0.717, 1.165) is 9.80 Å². The van der Waals surface area contributed by atoms with E-state index in [1.54, 1.807) is 60.6 Å². The smallest absolute Gasteiger partial charge is 0.326 e. The van der Waals surface area contributed by atoms with Crippen molar-refractivity contribution in [1.82, 2.24) is 70.4 Å². The number of carbonyl (C=O) groups excluding carboxylic acids is 13. The minimum absolute atomic E-state index is 0.0695. The average Bonchev–Trinajstić information content (AvgIpc) is 1.10. The van der Waals surface area contributed by atoms with E-state index in [1.807, 2.05) is 55.4 Å². The number of aromatic nitrogens is 2. The number of allylic oxidation sites excluding steroid dienone is 2. The highest BCUT2D eigenvalue weighted by atomic mass is 16.5. The number of hydrogen-bond acceptors (Lipinski definition) is 17. The lowest BCUT2D eigenvalue weighted by atomic mass is 9.91. The van der Waals surface area contributed by atoms with E-state index in [4.69, 9.17) is 10.5 Å². The number of aliphatic carboxylic acids is 1. The Morgan fingerprint density at radius 2 is 1.07 bits per heavy atom. The van der Waals surface area contributed by atoms with Gasteiger partial charge in [0.15, 0.2) is 0 Å². The monoisotopic (exact) mass is 1480 g/mol. The maximum Gasteiger partial charge on any atom is 0.326 e. The molecule has 1 aromatic heterocycles. The molecule has 594 valence electrons. The third-order valence-corrected chi connectivity index (χ3v) is 19.0. The molecule has 8 N–H and O–H groups in total. The number of amides is 12. The summed E-state index contributed by atoms with van der Waals surface area (Å²) in [6, 6.07) is -15.6. The van der Waals surface area contributed by atoms with Gasteiger partial charge in [-0.3, -0.25) is 62.3 Å². The van der Waals surface area contributed by atoms with Crippen molar-refractivity contribution in [3.63, 3.8) is 0 Å². The van der Waals surface area contributed by atoms with E-state index in [0.29, 0.717) is 0 Å². The first-order chi connectivity index (χ1) is 48.7. The zero-order valence-electron chi connectivity index (χ0n) is 67.1. The van der Waals surface area contributed by atoms with Crippen molar-refractivity contribution < 1.29 is 77.0 Å². The highest BCUT2D eigenvalue weighted by Gasteiger charge is 2.47. The summed E-state index contributed by atoms with van der Waals surface area (Å²) in [5, 5.41) is 23.3. The van der Waals surface area contributed by atoms with Crippen molar-refractivity contribution in [2.75, 3.05) is 55.9 Å². The maximum atomic E-state index is 15.8. The van der Waals surface area contributed by atoms with Crippen molar-refractivity contribution in [2.24, 2.45) is 47.2 Å². The Bertz CT molecular complexity index is 3190. The van der Waals surface area contributed by atoms with E-state index >= 15 is 19.2 Å². The first-order valence-electron chi connectivity index (χ1n) is 36.8. The largest absolute Gasteiger partial charge is 0.480 e. The molecule has 14 atom stereocenters. The summed E-state index contributed by atoms with van der Waals surface area (Å²) in [7, 11) is 9.69. The lowest BCUT2D eigenvalue weighted by Gasteiger charge is -2.42. The van der Waals surface area contributed by atoms with E-state index in [-0.39, 0.29) is 87.3 Å². The van der Waals surface area contributed by atoms with Gasteiger partial charge in [0.2, 0.25) is 70.9 Å².